The molecule has 4 nitrogen and oxygen atoms in total. The minimum atomic E-state index is -0.304. The number of rotatable bonds is 5. The van der Waals surface area contributed by atoms with Gasteiger partial charge in [-0.1, -0.05) is 36.4 Å². The van der Waals surface area contributed by atoms with Crippen LogP contribution >= 0.6 is 11.8 Å². The number of anilines is 1. The van der Waals surface area contributed by atoms with Gasteiger partial charge in [-0.15, -0.1) is 11.8 Å². The van der Waals surface area contributed by atoms with Crippen LogP contribution in [0.25, 0.3) is 0 Å². The number of carbonyl (C=O) groups excluding carboxylic acids is 3. The van der Waals surface area contributed by atoms with E-state index in [0.717, 1.165) is 4.90 Å². The molecule has 0 saturated carbocycles. The van der Waals surface area contributed by atoms with Crippen LogP contribution in [-0.4, -0.2) is 23.2 Å². The molecule has 0 unspecified atom stereocenters. The van der Waals surface area contributed by atoms with E-state index in [4.69, 9.17) is 0 Å². The van der Waals surface area contributed by atoms with E-state index in [0.29, 0.717) is 28.1 Å². The summed E-state index contributed by atoms with van der Waals surface area (Å²) in [6.45, 7) is 0. The van der Waals surface area contributed by atoms with E-state index in [-0.39, 0.29) is 35.3 Å². The number of fused-ring (bicyclic) bond motifs is 2. The molecule has 1 aliphatic rings. The predicted molar refractivity (Wildman–Crippen MR) is 110 cm³/mol. The molecule has 4 rings (SSSR count). The second kappa shape index (κ2) is 8.01. The zero-order chi connectivity index (χ0) is 20.4. The molecule has 0 atom stereocenters. The second-order valence-electron chi connectivity index (χ2n) is 6.53. The quantitative estimate of drug-likeness (QED) is 0.488. The Bertz CT molecular complexity index is 1130. The van der Waals surface area contributed by atoms with Crippen molar-refractivity contribution in [2.45, 2.75) is 11.3 Å². The van der Waals surface area contributed by atoms with E-state index in [1.54, 1.807) is 54.6 Å². The number of thioether (sulfide) groups is 1. The van der Waals surface area contributed by atoms with Gasteiger partial charge in [0.05, 0.1) is 11.3 Å². The first-order chi connectivity index (χ1) is 14.0. The van der Waals surface area contributed by atoms with Crippen molar-refractivity contribution in [1.29, 1.82) is 0 Å². The lowest BCUT2D eigenvalue weighted by atomic mass is 9.83. The van der Waals surface area contributed by atoms with E-state index < -0.39 is 0 Å². The van der Waals surface area contributed by atoms with Gasteiger partial charge in [-0.2, -0.15) is 0 Å². The van der Waals surface area contributed by atoms with Gasteiger partial charge in [-0.3, -0.25) is 14.4 Å². The van der Waals surface area contributed by atoms with Crippen LogP contribution in [0.1, 0.15) is 38.3 Å². The van der Waals surface area contributed by atoms with Gasteiger partial charge < -0.3 is 5.32 Å². The van der Waals surface area contributed by atoms with Crippen molar-refractivity contribution in [3.05, 3.63) is 94.8 Å². The predicted octanol–water partition coefficient (Wildman–Crippen LogP) is 4.72. The Hall–Kier alpha value is -3.25. The minimum absolute atomic E-state index is 0.213. The fourth-order valence-corrected chi connectivity index (χ4v) is 4.11. The van der Waals surface area contributed by atoms with Crippen molar-refractivity contribution in [3.8, 4) is 0 Å². The number of hydrogen-bond acceptors (Lipinski definition) is 4. The Morgan fingerprint density at radius 3 is 2.21 bits per heavy atom. The van der Waals surface area contributed by atoms with Crippen LogP contribution in [0.2, 0.25) is 0 Å². The first-order valence-electron chi connectivity index (χ1n) is 9.04. The fraction of sp³-hybridized carbons (Fsp3) is 0.0870. The monoisotopic (exact) mass is 405 g/mol. The normalized spacial score (nSPS) is 12.3. The molecular weight excluding hydrogens is 389 g/mol. The summed E-state index contributed by atoms with van der Waals surface area (Å²) in [6.07, 6.45) is 0.213. The summed E-state index contributed by atoms with van der Waals surface area (Å²) < 4.78 is 12.9. The third-order valence-corrected chi connectivity index (χ3v) is 5.65. The maximum absolute atomic E-state index is 12.9. The van der Waals surface area contributed by atoms with Crippen LogP contribution in [0, 0.1) is 5.82 Å². The van der Waals surface area contributed by atoms with E-state index in [1.165, 1.54) is 23.9 Å². The van der Waals surface area contributed by atoms with Crippen molar-refractivity contribution in [3.63, 3.8) is 0 Å². The number of ketones is 2. The zero-order valence-electron chi connectivity index (χ0n) is 15.3. The summed E-state index contributed by atoms with van der Waals surface area (Å²) in [5, 5.41) is 2.76. The minimum Gasteiger partial charge on any atom is -0.325 e. The Balaban J connectivity index is 1.49. The first-order valence-corrected chi connectivity index (χ1v) is 10.0. The maximum Gasteiger partial charge on any atom is 0.225 e. The smallest absolute Gasteiger partial charge is 0.225 e. The molecule has 0 spiro atoms. The zero-order valence-corrected chi connectivity index (χ0v) is 16.1. The van der Waals surface area contributed by atoms with E-state index in [9.17, 15) is 18.8 Å². The van der Waals surface area contributed by atoms with Crippen LogP contribution in [0.15, 0.2) is 71.6 Å². The van der Waals surface area contributed by atoms with Crippen molar-refractivity contribution in [2.24, 2.45) is 0 Å². The Morgan fingerprint density at radius 1 is 0.828 bits per heavy atom. The van der Waals surface area contributed by atoms with Crippen LogP contribution in [0.3, 0.4) is 0 Å². The number of halogens is 1. The molecule has 1 amide bonds. The molecule has 1 aliphatic carbocycles. The molecule has 0 aliphatic heterocycles. The molecule has 0 radical (unpaired) electrons. The molecule has 0 bridgehead atoms. The van der Waals surface area contributed by atoms with E-state index in [1.807, 2.05) is 0 Å². The summed E-state index contributed by atoms with van der Waals surface area (Å²) in [7, 11) is 0. The highest BCUT2D eigenvalue weighted by Crippen LogP contribution is 2.32. The number of carbonyl (C=O) groups is 3. The molecule has 1 N–H and O–H groups in total. The second-order valence-corrected chi connectivity index (χ2v) is 7.70. The lowest BCUT2D eigenvalue weighted by molar-refractivity contribution is -0.115. The summed E-state index contributed by atoms with van der Waals surface area (Å²) in [5.41, 5.74) is 1.60. The van der Waals surface area contributed by atoms with Gasteiger partial charge in [0.2, 0.25) is 5.91 Å². The average Bonchev–Trinajstić information content (AvgIpc) is 2.73. The molecule has 6 heteroatoms. The topological polar surface area (TPSA) is 63.2 Å². The summed E-state index contributed by atoms with van der Waals surface area (Å²) in [6, 6.07) is 17.6. The molecule has 144 valence electrons. The molecule has 0 heterocycles. The van der Waals surface area contributed by atoms with Crippen LogP contribution in [-0.2, 0) is 4.79 Å². The number of benzene rings is 3. The lowest BCUT2D eigenvalue weighted by Crippen LogP contribution is -2.24. The van der Waals surface area contributed by atoms with Crippen molar-refractivity contribution in [1.82, 2.24) is 0 Å². The van der Waals surface area contributed by atoms with E-state index >= 15 is 0 Å². The fourth-order valence-electron chi connectivity index (χ4n) is 3.25. The van der Waals surface area contributed by atoms with E-state index in [2.05, 4.69) is 5.32 Å². The van der Waals surface area contributed by atoms with Crippen molar-refractivity contribution >= 4 is 34.9 Å². The van der Waals surface area contributed by atoms with Gasteiger partial charge in [0, 0.05) is 33.8 Å². The molecule has 0 aromatic heterocycles. The third kappa shape index (κ3) is 3.84. The summed E-state index contributed by atoms with van der Waals surface area (Å²) >= 11 is 1.44. The molecule has 0 fully saturated rings. The maximum atomic E-state index is 12.9. The SMILES string of the molecule is O=C(CCSc1ccc(F)cc1)Nc1cccc2c1C(=O)c1ccccc1C2=O. The standard InChI is InChI=1S/C23H16FNO3S/c24-14-8-10-15(11-9-14)29-13-12-20(26)25-19-7-3-6-18-21(19)23(28)17-5-2-1-4-16(17)22(18)27/h1-11H,12-13H2,(H,25,26). The van der Waals surface area contributed by atoms with Gasteiger partial charge in [0.1, 0.15) is 5.82 Å². The largest absolute Gasteiger partial charge is 0.325 e. The van der Waals surface area contributed by atoms with Crippen LogP contribution in [0.4, 0.5) is 10.1 Å². The van der Waals surface area contributed by atoms with Crippen LogP contribution < -0.4 is 5.32 Å². The van der Waals surface area contributed by atoms with Gasteiger partial charge in [-0.25, -0.2) is 4.39 Å². The van der Waals surface area contributed by atoms with Crippen LogP contribution in [0.5, 0.6) is 0 Å². The van der Waals surface area contributed by atoms with Gasteiger partial charge in [0.25, 0.3) is 0 Å². The third-order valence-electron chi connectivity index (χ3n) is 4.64. The van der Waals surface area contributed by atoms with Crippen molar-refractivity contribution < 1.29 is 18.8 Å². The lowest BCUT2D eigenvalue weighted by Gasteiger charge is -2.20. The summed E-state index contributed by atoms with van der Waals surface area (Å²) in [4.78, 5) is 39.0. The molecule has 3 aromatic rings. The van der Waals surface area contributed by atoms with Crippen molar-refractivity contribution in [2.75, 3.05) is 11.1 Å². The molecule has 29 heavy (non-hydrogen) atoms. The first kappa shape index (κ1) is 19.1. The highest BCUT2D eigenvalue weighted by Gasteiger charge is 2.31. The number of nitrogens with one attached hydrogen (secondary N) is 1. The molecular formula is C23H16FNO3S. The molecule has 0 saturated heterocycles. The molecule has 3 aromatic carbocycles. The Kier molecular flexibility index (Phi) is 5.27. The number of amides is 1. The van der Waals surface area contributed by atoms with Gasteiger partial charge in [-0.05, 0) is 30.3 Å². The Morgan fingerprint density at radius 2 is 1.48 bits per heavy atom. The summed E-state index contributed by atoms with van der Waals surface area (Å²) in [5.74, 6) is -0.554. The Labute approximate surface area is 171 Å². The number of hydrogen-bond donors (Lipinski definition) is 1. The van der Waals surface area contributed by atoms with Gasteiger partial charge in [0.15, 0.2) is 11.6 Å². The van der Waals surface area contributed by atoms with Gasteiger partial charge >= 0.3 is 0 Å². The highest BCUT2D eigenvalue weighted by molar-refractivity contribution is 7.99. The highest BCUT2D eigenvalue weighted by atomic mass is 32.2. The average molecular weight is 405 g/mol.